The average Bonchev–Trinajstić information content (AvgIpc) is 2.24. The number of hydrogen-bond acceptors (Lipinski definition) is 2. The number of alkyl halides is 3. The summed E-state index contributed by atoms with van der Waals surface area (Å²) in [4.78, 5) is 0. The monoisotopic (exact) mass is 226 g/mol. The van der Waals surface area contributed by atoms with Gasteiger partial charge in [-0.25, -0.2) is 0 Å². The van der Waals surface area contributed by atoms with Gasteiger partial charge in [-0.05, 0) is 18.2 Å². The molecule has 1 rings (SSSR count). The van der Waals surface area contributed by atoms with Gasteiger partial charge < -0.3 is 5.32 Å². The minimum Gasteiger partial charge on any atom is -0.382 e. The second-order valence-corrected chi connectivity index (χ2v) is 3.04. The molecule has 5 heteroatoms. The summed E-state index contributed by atoms with van der Waals surface area (Å²) in [7, 11) is 0. The first-order chi connectivity index (χ1) is 7.49. The number of rotatable bonds is 3. The molecule has 0 aromatic heterocycles. The van der Waals surface area contributed by atoms with Crippen molar-refractivity contribution in [2.45, 2.75) is 6.18 Å². The number of nitrogens with one attached hydrogen (secondary N) is 1. The summed E-state index contributed by atoms with van der Waals surface area (Å²) in [5.41, 5.74) is -0.842. The van der Waals surface area contributed by atoms with Crippen LogP contribution in [0.3, 0.4) is 0 Å². The number of hydrogen-bond donors (Lipinski definition) is 1. The third-order valence-corrected chi connectivity index (χ3v) is 1.90. The Bertz CT molecular complexity index is 430. The Morgan fingerprint density at radius 1 is 1.44 bits per heavy atom. The van der Waals surface area contributed by atoms with E-state index in [0.29, 0.717) is 12.2 Å². The number of anilines is 1. The number of halogens is 3. The van der Waals surface area contributed by atoms with Gasteiger partial charge in [0.15, 0.2) is 0 Å². The molecule has 0 fully saturated rings. The lowest BCUT2D eigenvalue weighted by Gasteiger charge is -2.10. The van der Waals surface area contributed by atoms with E-state index < -0.39 is 11.7 Å². The van der Waals surface area contributed by atoms with E-state index in [1.807, 2.05) is 0 Å². The van der Waals surface area contributed by atoms with Gasteiger partial charge >= 0.3 is 6.18 Å². The normalized spacial score (nSPS) is 10.6. The molecule has 1 N–H and O–H groups in total. The number of benzene rings is 1. The smallest absolute Gasteiger partial charge is 0.382 e. The Morgan fingerprint density at radius 3 is 2.62 bits per heavy atom. The molecule has 0 amide bonds. The molecule has 0 aliphatic rings. The molecule has 1 aromatic rings. The first kappa shape index (κ1) is 12.1. The van der Waals surface area contributed by atoms with Crippen molar-refractivity contribution in [1.82, 2.24) is 0 Å². The van der Waals surface area contributed by atoms with Crippen LogP contribution in [0.15, 0.2) is 30.9 Å². The molecule has 0 aliphatic heterocycles. The standard InChI is InChI=1S/C11H9F3N2/c1-2-5-16-9-3-4-10(11(12,13)14)8(6-9)7-15/h2-4,6,16H,1,5H2. The Hall–Kier alpha value is -1.96. The van der Waals surface area contributed by atoms with Crippen molar-refractivity contribution in [3.05, 3.63) is 42.0 Å². The second-order valence-electron chi connectivity index (χ2n) is 3.04. The van der Waals surface area contributed by atoms with Crippen LogP contribution in [0.2, 0.25) is 0 Å². The maximum absolute atomic E-state index is 12.4. The highest BCUT2D eigenvalue weighted by Crippen LogP contribution is 2.32. The highest BCUT2D eigenvalue weighted by Gasteiger charge is 2.33. The van der Waals surface area contributed by atoms with Crippen LogP contribution in [0.5, 0.6) is 0 Å². The quantitative estimate of drug-likeness (QED) is 0.803. The largest absolute Gasteiger partial charge is 0.417 e. The van der Waals surface area contributed by atoms with Gasteiger partial charge in [-0.3, -0.25) is 0 Å². The molecule has 1 aromatic carbocycles. The van der Waals surface area contributed by atoms with Gasteiger partial charge in [0, 0.05) is 12.2 Å². The predicted molar refractivity (Wildman–Crippen MR) is 54.8 cm³/mol. The van der Waals surface area contributed by atoms with Gasteiger partial charge in [-0.15, -0.1) is 6.58 Å². The van der Waals surface area contributed by atoms with Gasteiger partial charge in [0.2, 0.25) is 0 Å². The van der Waals surface area contributed by atoms with E-state index >= 15 is 0 Å². The first-order valence-corrected chi connectivity index (χ1v) is 4.45. The fourth-order valence-electron chi connectivity index (χ4n) is 1.18. The third-order valence-electron chi connectivity index (χ3n) is 1.90. The Balaban J connectivity index is 3.08. The molecule has 0 saturated carbocycles. The Labute approximate surface area is 91.0 Å². The lowest BCUT2D eigenvalue weighted by atomic mass is 10.1. The maximum atomic E-state index is 12.4. The predicted octanol–water partition coefficient (Wildman–Crippen LogP) is 3.17. The number of nitriles is 1. The van der Waals surface area contributed by atoms with Crippen molar-refractivity contribution >= 4 is 5.69 Å². The summed E-state index contributed by atoms with van der Waals surface area (Å²) in [5.74, 6) is 0. The minimum absolute atomic E-state index is 0.387. The third kappa shape index (κ3) is 2.76. The van der Waals surface area contributed by atoms with E-state index in [9.17, 15) is 13.2 Å². The van der Waals surface area contributed by atoms with Gasteiger partial charge in [0.05, 0.1) is 17.2 Å². The number of nitrogens with zero attached hydrogens (tertiary/aromatic N) is 1. The van der Waals surface area contributed by atoms with Crippen molar-refractivity contribution in [3.63, 3.8) is 0 Å². The van der Waals surface area contributed by atoms with Crippen LogP contribution in [0.1, 0.15) is 11.1 Å². The fraction of sp³-hybridized carbons (Fsp3) is 0.182. The summed E-state index contributed by atoms with van der Waals surface area (Å²) < 4.78 is 37.3. The molecule has 0 aliphatic carbocycles. The SMILES string of the molecule is C=CCNc1ccc(C(F)(F)F)c(C#N)c1. The van der Waals surface area contributed by atoms with E-state index in [4.69, 9.17) is 5.26 Å². The van der Waals surface area contributed by atoms with Crippen LogP contribution in [-0.4, -0.2) is 6.54 Å². The van der Waals surface area contributed by atoms with Crippen LogP contribution >= 0.6 is 0 Å². The van der Waals surface area contributed by atoms with Crippen molar-refractivity contribution in [2.24, 2.45) is 0 Å². The lowest BCUT2D eigenvalue weighted by Crippen LogP contribution is -2.08. The van der Waals surface area contributed by atoms with Crippen LogP contribution in [-0.2, 0) is 6.18 Å². The van der Waals surface area contributed by atoms with E-state index in [0.717, 1.165) is 6.07 Å². The van der Waals surface area contributed by atoms with E-state index in [2.05, 4.69) is 11.9 Å². The van der Waals surface area contributed by atoms with Crippen LogP contribution in [0.4, 0.5) is 18.9 Å². The highest BCUT2D eigenvalue weighted by atomic mass is 19.4. The summed E-state index contributed by atoms with van der Waals surface area (Å²) in [6.45, 7) is 3.89. The molecule has 0 heterocycles. The van der Waals surface area contributed by atoms with Crippen molar-refractivity contribution in [3.8, 4) is 6.07 Å². The molecular weight excluding hydrogens is 217 g/mol. The van der Waals surface area contributed by atoms with Crippen LogP contribution < -0.4 is 5.32 Å². The molecule has 0 radical (unpaired) electrons. The van der Waals surface area contributed by atoms with Crippen molar-refractivity contribution in [1.29, 1.82) is 5.26 Å². The topological polar surface area (TPSA) is 35.8 Å². The average molecular weight is 226 g/mol. The van der Waals surface area contributed by atoms with Gasteiger partial charge in [-0.2, -0.15) is 18.4 Å². The summed E-state index contributed by atoms with van der Waals surface area (Å²) in [6, 6.07) is 4.88. The molecule has 0 saturated heterocycles. The molecule has 0 unspecified atom stereocenters. The summed E-state index contributed by atoms with van der Waals surface area (Å²) in [5, 5.41) is 11.4. The van der Waals surface area contributed by atoms with E-state index in [1.54, 1.807) is 6.08 Å². The fourth-order valence-corrected chi connectivity index (χ4v) is 1.18. The lowest BCUT2D eigenvalue weighted by molar-refractivity contribution is -0.137. The van der Waals surface area contributed by atoms with Crippen molar-refractivity contribution < 1.29 is 13.2 Å². The second kappa shape index (κ2) is 4.71. The first-order valence-electron chi connectivity index (χ1n) is 4.45. The van der Waals surface area contributed by atoms with E-state index in [-0.39, 0.29) is 5.56 Å². The molecule has 0 bridgehead atoms. The van der Waals surface area contributed by atoms with E-state index in [1.165, 1.54) is 18.2 Å². The summed E-state index contributed by atoms with van der Waals surface area (Å²) in [6.07, 6.45) is -2.92. The molecule has 0 atom stereocenters. The zero-order valence-corrected chi connectivity index (χ0v) is 8.30. The van der Waals surface area contributed by atoms with Crippen LogP contribution in [0, 0.1) is 11.3 Å². The molecular formula is C11H9F3N2. The molecule has 0 spiro atoms. The van der Waals surface area contributed by atoms with Gasteiger partial charge in [-0.1, -0.05) is 6.08 Å². The zero-order chi connectivity index (χ0) is 12.2. The Morgan fingerprint density at radius 2 is 2.12 bits per heavy atom. The van der Waals surface area contributed by atoms with Gasteiger partial charge in [0.25, 0.3) is 0 Å². The molecule has 2 nitrogen and oxygen atoms in total. The Kier molecular flexibility index (Phi) is 3.56. The van der Waals surface area contributed by atoms with Crippen molar-refractivity contribution in [2.75, 3.05) is 11.9 Å². The molecule has 16 heavy (non-hydrogen) atoms. The maximum Gasteiger partial charge on any atom is 0.417 e. The van der Waals surface area contributed by atoms with Gasteiger partial charge in [0.1, 0.15) is 0 Å². The molecule has 84 valence electrons. The van der Waals surface area contributed by atoms with Crippen LogP contribution in [0.25, 0.3) is 0 Å². The zero-order valence-electron chi connectivity index (χ0n) is 8.30. The minimum atomic E-state index is -4.50. The highest BCUT2D eigenvalue weighted by molar-refractivity contribution is 5.53. The summed E-state index contributed by atoms with van der Waals surface area (Å²) >= 11 is 0.